The number of anilines is 1. The largest absolute Gasteiger partial charge is 0.399 e. The summed E-state index contributed by atoms with van der Waals surface area (Å²) in [5, 5.41) is 5.22. The molecule has 0 saturated carbocycles. The highest BCUT2D eigenvalue weighted by atomic mass is 35.5. The van der Waals surface area contributed by atoms with Gasteiger partial charge < -0.3 is 5.73 Å². The Morgan fingerprint density at radius 3 is 2.74 bits per heavy atom. The topological polar surface area (TPSA) is 43.8 Å². The van der Waals surface area contributed by atoms with Crippen LogP contribution in [0.15, 0.2) is 23.1 Å². The second-order valence-electron chi connectivity index (χ2n) is 4.49. The van der Waals surface area contributed by atoms with Crippen LogP contribution in [0.4, 0.5) is 5.69 Å². The van der Waals surface area contributed by atoms with Crippen molar-refractivity contribution in [1.29, 1.82) is 0 Å². The Morgan fingerprint density at radius 1 is 1.42 bits per heavy atom. The first-order valence-electron chi connectivity index (χ1n) is 6.22. The fraction of sp³-hybridized carbons (Fsp3) is 0.357. The van der Waals surface area contributed by atoms with E-state index in [1.807, 2.05) is 30.8 Å². The van der Waals surface area contributed by atoms with E-state index in [9.17, 15) is 0 Å². The van der Waals surface area contributed by atoms with Crippen LogP contribution in [0, 0.1) is 6.92 Å². The van der Waals surface area contributed by atoms with E-state index in [0.29, 0.717) is 0 Å². The molecular formula is C14H18ClN3S. The fourth-order valence-electron chi connectivity index (χ4n) is 1.87. The summed E-state index contributed by atoms with van der Waals surface area (Å²) in [6.07, 6.45) is 0.859. The first-order chi connectivity index (χ1) is 9.02. The van der Waals surface area contributed by atoms with Gasteiger partial charge in [0.15, 0.2) is 0 Å². The first kappa shape index (κ1) is 14.3. The number of halogens is 1. The maximum atomic E-state index is 6.34. The number of aromatic nitrogens is 2. The van der Waals surface area contributed by atoms with Crippen LogP contribution in [0.1, 0.15) is 23.9 Å². The fourth-order valence-corrected chi connectivity index (χ4v) is 3.37. The van der Waals surface area contributed by atoms with E-state index >= 15 is 0 Å². The van der Waals surface area contributed by atoms with Gasteiger partial charge in [-0.1, -0.05) is 18.5 Å². The number of hydrogen-bond acceptors (Lipinski definition) is 3. The van der Waals surface area contributed by atoms with Crippen LogP contribution in [0.3, 0.4) is 0 Å². The van der Waals surface area contributed by atoms with E-state index in [-0.39, 0.29) is 0 Å². The van der Waals surface area contributed by atoms with Crippen molar-refractivity contribution in [1.82, 2.24) is 9.78 Å². The molecule has 2 N–H and O–H groups in total. The van der Waals surface area contributed by atoms with Crippen LogP contribution in [0.5, 0.6) is 0 Å². The molecule has 0 aliphatic heterocycles. The van der Waals surface area contributed by atoms with E-state index in [1.54, 1.807) is 11.8 Å². The Balaban J connectivity index is 2.14. The normalized spacial score (nSPS) is 10.9. The number of rotatable bonds is 4. The molecule has 0 spiro atoms. The molecule has 2 rings (SSSR count). The lowest BCUT2D eigenvalue weighted by atomic mass is 10.2. The number of nitrogens with zero attached hydrogens (tertiary/aromatic N) is 2. The smallest absolute Gasteiger partial charge is 0.0858 e. The average Bonchev–Trinajstić information content (AvgIpc) is 2.66. The van der Waals surface area contributed by atoms with Gasteiger partial charge in [0, 0.05) is 23.4 Å². The van der Waals surface area contributed by atoms with Crippen LogP contribution in [0.2, 0.25) is 5.02 Å². The van der Waals surface area contributed by atoms with Crippen LogP contribution >= 0.6 is 23.4 Å². The predicted octanol–water partition coefficient (Wildman–Crippen LogP) is 3.82. The summed E-state index contributed by atoms with van der Waals surface area (Å²) in [6.45, 7) is 4.08. The summed E-state index contributed by atoms with van der Waals surface area (Å²) in [7, 11) is 1.94. The Labute approximate surface area is 123 Å². The quantitative estimate of drug-likeness (QED) is 0.689. The Hall–Kier alpha value is -1.13. The van der Waals surface area contributed by atoms with Gasteiger partial charge in [-0.2, -0.15) is 5.10 Å². The molecule has 0 fully saturated rings. The molecule has 0 aliphatic carbocycles. The molecule has 1 aromatic heterocycles. The van der Waals surface area contributed by atoms with E-state index in [4.69, 9.17) is 17.3 Å². The van der Waals surface area contributed by atoms with Crippen molar-refractivity contribution < 1.29 is 0 Å². The molecule has 0 bridgehead atoms. The molecule has 3 nitrogen and oxygen atoms in total. The van der Waals surface area contributed by atoms with E-state index in [1.165, 1.54) is 4.90 Å². The number of hydrogen-bond donors (Lipinski definition) is 1. The van der Waals surface area contributed by atoms with Gasteiger partial charge in [-0.15, -0.1) is 11.8 Å². The number of thioether (sulfide) groups is 1. The van der Waals surface area contributed by atoms with Crippen molar-refractivity contribution in [3.05, 3.63) is 40.2 Å². The highest BCUT2D eigenvalue weighted by Gasteiger charge is 2.13. The lowest BCUT2D eigenvalue weighted by Crippen LogP contribution is -1.97. The third-order valence-corrected chi connectivity index (χ3v) is 4.56. The third kappa shape index (κ3) is 3.07. The van der Waals surface area contributed by atoms with Gasteiger partial charge in [0.25, 0.3) is 0 Å². The van der Waals surface area contributed by atoms with E-state index in [2.05, 4.69) is 18.1 Å². The number of nitrogens with two attached hydrogens (primary N) is 1. The standard InChI is InChI=1S/C14H18ClN3S/c1-4-12-14(15)13(18(3)17-12)8-19-10-5-6-11(16)9(2)7-10/h5-7H,4,8,16H2,1-3H3. The van der Waals surface area contributed by atoms with Gasteiger partial charge in [0.2, 0.25) is 0 Å². The van der Waals surface area contributed by atoms with Crippen molar-refractivity contribution in [3.63, 3.8) is 0 Å². The molecule has 1 aromatic carbocycles. The minimum absolute atomic E-state index is 0.796. The summed E-state index contributed by atoms with van der Waals surface area (Å²) in [4.78, 5) is 1.20. The van der Waals surface area contributed by atoms with Crippen LogP contribution < -0.4 is 5.73 Å². The molecule has 0 atom stereocenters. The highest BCUT2D eigenvalue weighted by molar-refractivity contribution is 7.98. The van der Waals surface area contributed by atoms with Crippen molar-refractivity contribution in [2.24, 2.45) is 7.05 Å². The zero-order valence-electron chi connectivity index (χ0n) is 11.4. The lowest BCUT2D eigenvalue weighted by molar-refractivity contribution is 0.720. The van der Waals surface area contributed by atoms with Gasteiger partial charge in [-0.25, -0.2) is 0 Å². The molecule has 1 heterocycles. The summed E-state index contributed by atoms with van der Waals surface area (Å²) < 4.78 is 1.87. The number of benzene rings is 1. The van der Waals surface area contributed by atoms with Gasteiger partial charge in [0.1, 0.15) is 0 Å². The van der Waals surface area contributed by atoms with Crippen molar-refractivity contribution in [2.45, 2.75) is 30.9 Å². The Kier molecular flexibility index (Phi) is 4.42. The number of aryl methyl sites for hydroxylation is 3. The molecular weight excluding hydrogens is 278 g/mol. The van der Waals surface area contributed by atoms with Crippen molar-refractivity contribution >= 4 is 29.1 Å². The summed E-state index contributed by atoms with van der Waals surface area (Å²) in [5.74, 6) is 0.811. The molecule has 19 heavy (non-hydrogen) atoms. The number of nitrogen functional groups attached to an aromatic ring is 1. The second kappa shape index (κ2) is 5.88. The zero-order chi connectivity index (χ0) is 14.0. The molecule has 0 radical (unpaired) electrons. The molecule has 5 heteroatoms. The molecule has 0 amide bonds. The zero-order valence-corrected chi connectivity index (χ0v) is 13.0. The second-order valence-corrected chi connectivity index (χ2v) is 5.92. The summed E-state index contributed by atoms with van der Waals surface area (Å²) in [6, 6.07) is 6.09. The Morgan fingerprint density at radius 2 is 2.16 bits per heavy atom. The van der Waals surface area contributed by atoms with Crippen molar-refractivity contribution in [2.75, 3.05) is 5.73 Å². The minimum Gasteiger partial charge on any atom is -0.399 e. The molecule has 2 aromatic rings. The SMILES string of the molecule is CCc1nn(C)c(CSc2ccc(N)c(C)c2)c1Cl. The van der Waals surface area contributed by atoms with E-state index < -0.39 is 0 Å². The maximum absolute atomic E-state index is 6.34. The average molecular weight is 296 g/mol. The monoisotopic (exact) mass is 295 g/mol. The molecule has 102 valence electrons. The van der Waals surface area contributed by atoms with Gasteiger partial charge in [-0.3, -0.25) is 4.68 Å². The van der Waals surface area contributed by atoms with Crippen LogP contribution in [0.25, 0.3) is 0 Å². The van der Waals surface area contributed by atoms with Gasteiger partial charge >= 0.3 is 0 Å². The Bertz CT molecular complexity index is 593. The van der Waals surface area contributed by atoms with Crippen molar-refractivity contribution in [3.8, 4) is 0 Å². The first-order valence-corrected chi connectivity index (χ1v) is 7.58. The van der Waals surface area contributed by atoms with Crippen LogP contribution in [-0.2, 0) is 19.2 Å². The van der Waals surface area contributed by atoms with Gasteiger partial charge in [-0.05, 0) is 37.1 Å². The van der Waals surface area contributed by atoms with Gasteiger partial charge in [0.05, 0.1) is 16.4 Å². The lowest BCUT2D eigenvalue weighted by Gasteiger charge is -2.06. The predicted molar refractivity (Wildman–Crippen MR) is 82.7 cm³/mol. The highest BCUT2D eigenvalue weighted by Crippen LogP contribution is 2.30. The minimum atomic E-state index is 0.796. The van der Waals surface area contributed by atoms with Crippen LogP contribution in [-0.4, -0.2) is 9.78 Å². The molecule has 0 saturated heterocycles. The maximum Gasteiger partial charge on any atom is 0.0858 e. The summed E-state index contributed by atoms with van der Waals surface area (Å²) >= 11 is 8.08. The molecule has 0 unspecified atom stereocenters. The van der Waals surface area contributed by atoms with E-state index in [0.717, 1.165) is 39.8 Å². The third-order valence-electron chi connectivity index (χ3n) is 3.12. The molecule has 0 aliphatic rings. The summed E-state index contributed by atoms with van der Waals surface area (Å²) in [5.41, 5.74) is 9.79.